The fourth-order valence-electron chi connectivity index (χ4n) is 3.67. The number of benzene rings is 1. The molecule has 1 N–H and O–H groups in total. The lowest BCUT2D eigenvalue weighted by molar-refractivity contribution is -0.139. The molecule has 1 saturated heterocycles. The van der Waals surface area contributed by atoms with Gasteiger partial charge in [-0.15, -0.1) is 0 Å². The Kier molecular flexibility index (Phi) is 6.36. The number of nitrogens with one attached hydrogen (secondary N) is 1. The van der Waals surface area contributed by atoms with Crippen LogP contribution in [0.5, 0.6) is 0 Å². The molecule has 152 valence electrons. The molecule has 2 heterocycles. The molecule has 1 aromatic carbocycles. The Morgan fingerprint density at radius 2 is 2.00 bits per heavy atom. The zero-order valence-electron chi connectivity index (χ0n) is 17.1. The van der Waals surface area contributed by atoms with Crippen LogP contribution in [-0.4, -0.2) is 68.3 Å². The average Bonchev–Trinajstić information content (AvgIpc) is 2.68. The van der Waals surface area contributed by atoms with Gasteiger partial charge in [0.05, 0.1) is 31.4 Å². The summed E-state index contributed by atoms with van der Waals surface area (Å²) in [5, 5.41) is 2.99. The molecule has 2 amide bonds. The van der Waals surface area contributed by atoms with E-state index in [-0.39, 0.29) is 18.6 Å². The molecule has 1 atom stereocenters. The summed E-state index contributed by atoms with van der Waals surface area (Å²) in [6, 6.07) is 5.32. The van der Waals surface area contributed by atoms with E-state index >= 15 is 0 Å². The molecule has 0 unspecified atom stereocenters. The van der Waals surface area contributed by atoms with Crippen molar-refractivity contribution in [2.75, 3.05) is 46.5 Å². The van der Waals surface area contributed by atoms with E-state index in [1.165, 1.54) is 4.90 Å². The van der Waals surface area contributed by atoms with Crippen LogP contribution in [0.3, 0.4) is 0 Å². The van der Waals surface area contributed by atoms with Gasteiger partial charge in [0.2, 0.25) is 0 Å². The molecule has 0 aliphatic carbocycles. The number of esters is 1. The van der Waals surface area contributed by atoms with Gasteiger partial charge in [0, 0.05) is 32.4 Å². The maximum atomic E-state index is 13.0. The molecular weight excluding hydrogens is 358 g/mol. The lowest BCUT2D eigenvalue weighted by Gasteiger charge is -2.38. The summed E-state index contributed by atoms with van der Waals surface area (Å²) in [6.07, 6.45) is 0. The van der Waals surface area contributed by atoms with Crippen molar-refractivity contribution in [1.82, 2.24) is 15.1 Å². The molecule has 28 heavy (non-hydrogen) atoms. The molecule has 7 nitrogen and oxygen atoms in total. The van der Waals surface area contributed by atoms with Gasteiger partial charge in [-0.2, -0.15) is 0 Å². The molecule has 0 saturated carbocycles. The fraction of sp³-hybridized carbons (Fsp3) is 0.524. The van der Waals surface area contributed by atoms with E-state index in [1.807, 2.05) is 32.0 Å². The van der Waals surface area contributed by atoms with Crippen LogP contribution in [0.25, 0.3) is 0 Å². The first-order valence-corrected chi connectivity index (χ1v) is 9.74. The number of likely N-dealkylation sites (N-methyl/N-ethyl adjacent to an activating group) is 1. The fourth-order valence-corrected chi connectivity index (χ4v) is 3.67. The van der Waals surface area contributed by atoms with Crippen molar-refractivity contribution in [2.24, 2.45) is 0 Å². The highest BCUT2D eigenvalue weighted by molar-refractivity contribution is 5.95. The van der Waals surface area contributed by atoms with Crippen molar-refractivity contribution < 1.29 is 19.1 Å². The van der Waals surface area contributed by atoms with Crippen molar-refractivity contribution in [1.29, 1.82) is 0 Å². The lowest BCUT2D eigenvalue weighted by atomic mass is 9.90. The van der Waals surface area contributed by atoms with Gasteiger partial charge in [-0.3, -0.25) is 9.80 Å². The number of carbonyl (C=O) groups is 2. The lowest BCUT2D eigenvalue weighted by Crippen LogP contribution is -2.50. The van der Waals surface area contributed by atoms with E-state index in [9.17, 15) is 9.59 Å². The Hall–Kier alpha value is -2.38. The smallest absolute Gasteiger partial charge is 0.338 e. The molecule has 0 bridgehead atoms. The first-order valence-electron chi connectivity index (χ1n) is 9.74. The van der Waals surface area contributed by atoms with Crippen LogP contribution in [0.4, 0.5) is 4.79 Å². The Labute approximate surface area is 166 Å². The minimum absolute atomic E-state index is 0.220. The third-order valence-electron chi connectivity index (χ3n) is 5.30. The first-order chi connectivity index (χ1) is 13.4. The Morgan fingerprint density at radius 3 is 2.68 bits per heavy atom. The number of morpholine rings is 1. The number of carbonyl (C=O) groups excluding carboxylic acids is 2. The van der Waals surface area contributed by atoms with Crippen LogP contribution < -0.4 is 5.32 Å². The molecule has 0 aromatic heterocycles. The summed E-state index contributed by atoms with van der Waals surface area (Å²) in [7, 11) is 1.70. The van der Waals surface area contributed by atoms with Gasteiger partial charge in [0.15, 0.2) is 0 Å². The van der Waals surface area contributed by atoms with E-state index in [0.717, 1.165) is 29.8 Å². The maximum Gasteiger partial charge on any atom is 0.338 e. The number of ether oxygens (including phenoxy) is 2. The van der Waals surface area contributed by atoms with Gasteiger partial charge in [0.1, 0.15) is 0 Å². The largest absolute Gasteiger partial charge is 0.463 e. The Balaban J connectivity index is 2.09. The Bertz CT molecular complexity index is 784. The van der Waals surface area contributed by atoms with E-state index < -0.39 is 6.04 Å². The molecule has 3 rings (SSSR count). The average molecular weight is 387 g/mol. The zero-order chi connectivity index (χ0) is 20.3. The summed E-state index contributed by atoms with van der Waals surface area (Å²) in [4.78, 5) is 29.5. The van der Waals surface area contributed by atoms with E-state index in [0.29, 0.717) is 31.0 Å². The highest BCUT2D eigenvalue weighted by atomic mass is 16.5. The maximum absolute atomic E-state index is 13.0. The summed E-state index contributed by atoms with van der Waals surface area (Å²) >= 11 is 0. The van der Waals surface area contributed by atoms with Crippen LogP contribution in [0.2, 0.25) is 0 Å². The van der Waals surface area contributed by atoms with Gasteiger partial charge in [0.25, 0.3) is 0 Å². The number of aryl methyl sites for hydroxylation is 2. The third-order valence-corrected chi connectivity index (χ3v) is 5.30. The van der Waals surface area contributed by atoms with Crippen molar-refractivity contribution in [3.8, 4) is 0 Å². The standard InChI is InChI=1S/C21H29N3O4/c1-5-28-20(25)18-17(13-24-8-10-27-11-9-24)23(4)21(26)22-19(18)16-12-14(2)6-7-15(16)3/h6-7,12,19H,5,8-11,13H2,1-4H3,(H,22,26)/t19-/m0/s1. The number of amides is 2. The molecule has 0 radical (unpaired) electrons. The first kappa shape index (κ1) is 20.4. The minimum Gasteiger partial charge on any atom is -0.463 e. The van der Waals surface area contributed by atoms with Crippen molar-refractivity contribution >= 4 is 12.0 Å². The third kappa shape index (κ3) is 4.20. The molecule has 1 fully saturated rings. The van der Waals surface area contributed by atoms with Gasteiger partial charge in [-0.05, 0) is 31.9 Å². The minimum atomic E-state index is -0.529. The zero-order valence-corrected chi connectivity index (χ0v) is 17.1. The summed E-state index contributed by atoms with van der Waals surface area (Å²) < 4.78 is 10.8. The van der Waals surface area contributed by atoms with Crippen LogP contribution in [0, 0.1) is 13.8 Å². The number of rotatable bonds is 5. The number of hydrogen-bond acceptors (Lipinski definition) is 5. The predicted octanol–water partition coefficient (Wildman–Crippen LogP) is 2.15. The van der Waals surface area contributed by atoms with E-state index in [4.69, 9.17) is 9.47 Å². The molecule has 2 aliphatic heterocycles. The predicted molar refractivity (Wildman–Crippen MR) is 106 cm³/mol. The van der Waals surface area contributed by atoms with E-state index in [2.05, 4.69) is 10.2 Å². The molecule has 0 spiro atoms. The van der Waals surface area contributed by atoms with Crippen molar-refractivity contribution in [3.05, 3.63) is 46.2 Å². The number of nitrogens with zero attached hydrogens (tertiary/aromatic N) is 2. The normalized spacial score (nSPS) is 20.9. The van der Waals surface area contributed by atoms with Gasteiger partial charge in [-0.1, -0.05) is 23.8 Å². The monoisotopic (exact) mass is 387 g/mol. The van der Waals surface area contributed by atoms with Gasteiger partial charge >= 0.3 is 12.0 Å². The van der Waals surface area contributed by atoms with Gasteiger partial charge in [-0.25, -0.2) is 9.59 Å². The second-order valence-electron chi connectivity index (χ2n) is 7.27. The molecular formula is C21H29N3O4. The SMILES string of the molecule is CCOC(=O)C1=C(CN2CCOCC2)N(C)C(=O)N[C@H]1c1cc(C)ccc1C. The molecule has 1 aromatic rings. The second kappa shape index (κ2) is 8.75. The quantitative estimate of drug-likeness (QED) is 0.784. The van der Waals surface area contributed by atoms with Crippen LogP contribution in [0.1, 0.15) is 29.7 Å². The van der Waals surface area contributed by atoms with Crippen LogP contribution in [0.15, 0.2) is 29.5 Å². The van der Waals surface area contributed by atoms with E-state index in [1.54, 1.807) is 14.0 Å². The number of hydrogen-bond donors (Lipinski definition) is 1. The van der Waals surface area contributed by atoms with Crippen LogP contribution in [-0.2, 0) is 14.3 Å². The highest BCUT2D eigenvalue weighted by Crippen LogP contribution is 2.33. The number of urea groups is 1. The highest BCUT2D eigenvalue weighted by Gasteiger charge is 2.38. The summed E-state index contributed by atoms with van der Waals surface area (Å²) in [6.45, 7) is 9.40. The summed E-state index contributed by atoms with van der Waals surface area (Å²) in [5.74, 6) is -0.386. The van der Waals surface area contributed by atoms with Gasteiger partial charge < -0.3 is 14.8 Å². The molecule has 7 heteroatoms. The topological polar surface area (TPSA) is 71.1 Å². The summed E-state index contributed by atoms with van der Waals surface area (Å²) in [5.41, 5.74) is 4.21. The second-order valence-corrected chi connectivity index (χ2v) is 7.27. The Morgan fingerprint density at radius 1 is 1.29 bits per heavy atom. The molecule has 2 aliphatic rings. The van der Waals surface area contributed by atoms with Crippen LogP contribution >= 0.6 is 0 Å². The van der Waals surface area contributed by atoms with Crippen molar-refractivity contribution in [3.63, 3.8) is 0 Å². The van der Waals surface area contributed by atoms with Crippen molar-refractivity contribution in [2.45, 2.75) is 26.8 Å².